The van der Waals surface area contributed by atoms with Gasteiger partial charge in [-0.15, -0.1) is 0 Å². The van der Waals surface area contributed by atoms with Crippen LogP contribution < -0.4 is 10.6 Å². The number of rotatable bonds is 8. The Balaban J connectivity index is 1.45. The minimum Gasteiger partial charge on any atom is -0.354 e. The lowest BCUT2D eigenvalue weighted by Crippen LogP contribution is -2.38. The van der Waals surface area contributed by atoms with Crippen LogP contribution in [0.1, 0.15) is 41.2 Å². The molecule has 5 nitrogen and oxygen atoms in total. The van der Waals surface area contributed by atoms with Crippen molar-refractivity contribution in [2.24, 2.45) is 0 Å². The highest BCUT2D eigenvalue weighted by Crippen LogP contribution is 2.24. The molecule has 2 aromatic rings. The van der Waals surface area contributed by atoms with Gasteiger partial charge in [-0.1, -0.05) is 46.3 Å². The van der Waals surface area contributed by atoms with Crippen LogP contribution in [0.2, 0.25) is 0 Å². The molecule has 2 aromatic carbocycles. The molecule has 3 rings (SSSR count). The Labute approximate surface area is 174 Å². The first-order valence-electron chi connectivity index (χ1n) is 9.73. The molecule has 28 heavy (non-hydrogen) atoms. The smallest absolute Gasteiger partial charge is 0.251 e. The normalized spacial score (nSPS) is 15.2. The number of nitrogens with one attached hydrogen (secondary N) is 2. The predicted octanol–water partition coefficient (Wildman–Crippen LogP) is 3.52. The molecule has 1 saturated heterocycles. The molecule has 0 aliphatic carbocycles. The van der Waals surface area contributed by atoms with Gasteiger partial charge in [0.25, 0.3) is 5.91 Å². The third kappa shape index (κ3) is 5.91. The van der Waals surface area contributed by atoms with Gasteiger partial charge in [0.2, 0.25) is 5.91 Å². The van der Waals surface area contributed by atoms with Crippen molar-refractivity contribution in [3.8, 4) is 0 Å². The fourth-order valence-corrected chi connectivity index (χ4v) is 3.74. The average Bonchev–Trinajstić information content (AvgIpc) is 3.24. The van der Waals surface area contributed by atoms with E-state index >= 15 is 0 Å². The molecule has 0 spiro atoms. The van der Waals surface area contributed by atoms with Crippen molar-refractivity contribution < 1.29 is 9.59 Å². The lowest BCUT2D eigenvalue weighted by molar-refractivity contribution is -0.121. The molecule has 1 unspecified atom stereocenters. The Kier molecular flexibility index (Phi) is 7.62. The van der Waals surface area contributed by atoms with Gasteiger partial charge in [0.1, 0.15) is 0 Å². The van der Waals surface area contributed by atoms with E-state index in [1.165, 1.54) is 18.4 Å². The SMILES string of the molecule is O=C(CCNC(=O)c1ccc(Br)cc1)NCC(c1ccccc1)N1CCCC1. The molecule has 0 bridgehead atoms. The number of hydrogen-bond acceptors (Lipinski definition) is 3. The van der Waals surface area contributed by atoms with Crippen LogP contribution in [0.25, 0.3) is 0 Å². The topological polar surface area (TPSA) is 61.4 Å². The molecule has 2 amide bonds. The average molecular weight is 444 g/mol. The van der Waals surface area contributed by atoms with Gasteiger partial charge in [0.15, 0.2) is 0 Å². The molecule has 0 aromatic heterocycles. The van der Waals surface area contributed by atoms with Gasteiger partial charge < -0.3 is 10.6 Å². The lowest BCUT2D eigenvalue weighted by atomic mass is 10.1. The summed E-state index contributed by atoms with van der Waals surface area (Å²) in [6, 6.07) is 17.7. The first-order valence-corrected chi connectivity index (χ1v) is 10.5. The van der Waals surface area contributed by atoms with E-state index in [2.05, 4.69) is 43.6 Å². The van der Waals surface area contributed by atoms with Crippen LogP contribution in [-0.2, 0) is 4.79 Å². The summed E-state index contributed by atoms with van der Waals surface area (Å²) >= 11 is 3.35. The third-order valence-electron chi connectivity index (χ3n) is 5.00. The summed E-state index contributed by atoms with van der Waals surface area (Å²) in [6.07, 6.45) is 2.68. The van der Waals surface area contributed by atoms with Gasteiger partial charge in [0, 0.05) is 29.5 Å². The van der Waals surface area contributed by atoms with Crippen molar-refractivity contribution in [2.45, 2.75) is 25.3 Å². The van der Waals surface area contributed by atoms with Crippen molar-refractivity contribution in [1.82, 2.24) is 15.5 Å². The Bertz CT molecular complexity index is 774. The largest absolute Gasteiger partial charge is 0.354 e. The van der Waals surface area contributed by atoms with E-state index in [4.69, 9.17) is 0 Å². The van der Waals surface area contributed by atoms with E-state index in [1.807, 2.05) is 30.3 Å². The predicted molar refractivity (Wildman–Crippen MR) is 114 cm³/mol. The molecule has 1 aliphatic heterocycles. The van der Waals surface area contributed by atoms with Crippen LogP contribution >= 0.6 is 15.9 Å². The Morgan fingerprint density at radius 2 is 1.64 bits per heavy atom. The highest BCUT2D eigenvalue weighted by molar-refractivity contribution is 9.10. The summed E-state index contributed by atoms with van der Waals surface area (Å²) in [4.78, 5) is 26.8. The zero-order chi connectivity index (χ0) is 19.8. The molecule has 2 N–H and O–H groups in total. The molecule has 6 heteroatoms. The molecule has 148 valence electrons. The van der Waals surface area contributed by atoms with Crippen molar-refractivity contribution in [3.05, 3.63) is 70.2 Å². The highest BCUT2D eigenvalue weighted by Gasteiger charge is 2.23. The molecule has 0 radical (unpaired) electrons. The maximum absolute atomic E-state index is 12.3. The second kappa shape index (κ2) is 10.4. The standard InChI is InChI=1S/C22H26BrN3O2/c23-19-10-8-18(9-11-19)22(28)24-13-12-21(27)25-16-20(26-14-4-5-15-26)17-6-2-1-3-7-17/h1-3,6-11,20H,4-5,12-16H2,(H,24,28)(H,25,27). The summed E-state index contributed by atoms with van der Waals surface area (Å²) in [5, 5.41) is 5.84. The monoisotopic (exact) mass is 443 g/mol. The molecule has 1 heterocycles. The summed E-state index contributed by atoms with van der Waals surface area (Å²) in [5.74, 6) is -0.212. The number of hydrogen-bond donors (Lipinski definition) is 2. The first-order chi connectivity index (χ1) is 13.6. The number of halogens is 1. The Morgan fingerprint density at radius 1 is 0.964 bits per heavy atom. The minimum atomic E-state index is -0.167. The molecule has 0 saturated carbocycles. The third-order valence-corrected chi connectivity index (χ3v) is 5.53. The van der Waals surface area contributed by atoms with Crippen molar-refractivity contribution in [1.29, 1.82) is 0 Å². The summed E-state index contributed by atoms with van der Waals surface area (Å²) in [5.41, 5.74) is 1.81. The van der Waals surface area contributed by atoms with Gasteiger partial charge in [-0.05, 0) is 55.8 Å². The fourth-order valence-electron chi connectivity index (χ4n) is 3.48. The summed E-state index contributed by atoms with van der Waals surface area (Å²) < 4.78 is 0.925. The molecular weight excluding hydrogens is 418 g/mol. The Morgan fingerprint density at radius 3 is 2.32 bits per heavy atom. The van der Waals surface area contributed by atoms with E-state index in [0.29, 0.717) is 18.7 Å². The molecular formula is C22H26BrN3O2. The highest BCUT2D eigenvalue weighted by atomic mass is 79.9. The number of likely N-dealkylation sites (tertiary alicyclic amines) is 1. The second-order valence-electron chi connectivity index (χ2n) is 6.99. The van der Waals surface area contributed by atoms with E-state index < -0.39 is 0 Å². The number of carbonyl (C=O) groups is 2. The summed E-state index contributed by atoms with van der Waals surface area (Å²) in [6.45, 7) is 3.04. The van der Waals surface area contributed by atoms with Crippen LogP contribution in [0.15, 0.2) is 59.1 Å². The second-order valence-corrected chi connectivity index (χ2v) is 7.90. The van der Waals surface area contributed by atoms with E-state index in [-0.39, 0.29) is 24.3 Å². The maximum Gasteiger partial charge on any atom is 0.251 e. The van der Waals surface area contributed by atoms with Crippen LogP contribution in [0.3, 0.4) is 0 Å². The number of nitrogens with zero attached hydrogens (tertiary/aromatic N) is 1. The number of amides is 2. The van der Waals surface area contributed by atoms with Crippen molar-refractivity contribution in [3.63, 3.8) is 0 Å². The van der Waals surface area contributed by atoms with Gasteiger partial charge in [0.05, 0.1) is 6.04 Å². The van der Waals surface area contributed by atoms with Crippen LogP contribution in [0.4, 0.5) is 0 Å². The zero-order valence-electron chi connectivity index (χ0n) is 15.9. The fraction of sp³-hybridized carbons (Fsp3) is 0.364. The molecule has 1 atom stereocenters. The van der Waals surface area contributed by atoms with Crippen LogP contribution in [0, 0.1) is 0 Å². The van der Waals surface area contributed by atoms with Gasteiger partial charge in [-0.2, -0.15) is 0 Å². The summed E-state index contributed by atoms with van der Waals surface area (Å²) in [7, 11) is 0. The minimum absolute atomic E-state index is 0.0452. The molecule has 1 fully saturated rings. The number of benzene rings is 2. The van der Waals surface area contributed by atoms with Gasteiger partial charge in [-0.25, -0.2) is 0 Å². The van der Waals surface area contributed by atoms with E-state index in [0.717, 1.165) is 17.6 Å². The van der Waals surface area contributed by atoms with Crippen LogP contribution in [-0.4, -0.2) is 42.9 Å². The van der Waals surface area contributed by atoms with E-state index in [9.17, 15) is 9.59 Å². The zero-order valence-corrected chi connectivity index (χ0v) is 17.5. The quantitative estimate of drug-likeness (QED) is 0.655. The molecule has 1 aliphatic rings. The number of carbonyl (C=O) groups excluding carboxylic acids is 2. The first kappa shape index (κ1) is 20.6. The Hall–Kier alpha value is -2.18. The maximum atomic E-state index is 12.3. The van der Waals surface area contributed by atoms with Crippen molar-refractivity contribution in [2.75, 3.05) is 26.2 Å². The van der Waals surface area contributed by atoms with Gasteiger partial charge >= 0.3 is 0 Å². The van der Waals surface area contributed by atoms with E-state index in [1.54, 1.807) is 12.1 Å². The van der Waals surface area contributed by atoms with Gasteiger partial charge in [-0.3, -0.25) is 14.5 Å². The lowest BCUT2D eigenvalue weighted by Gasteiger charge is -2.28. The van der Waals surface area contributed by atoms with Crippen molar-refractivity contribution >= 4 is 27.7 Å². The van der Waals surface area contributed by atoms with Crippen LogP contribution in [0.5, 0.6) is 0 Å².